The first-order valence-electron chi connectivity index (χ1n) is 7.94. The molecule has 0 amide bonds. The average Bonchev–Trinajstić information content (AvgIpc) is 3.09. The normalized spacial score (nSPS) is 15.5. The van der Waals surface area contributed by atoms with E-state index in [1.165, 1.54) is 4.90 Å². The number of piperazine rings is 1. The Morgan fingerprint density at radius 2 is 2.04 bits per heavy atom. The van der Waals surface area contributed by atoms with Crippen molar-refractivity contribution in [2.75, 3.05) is 26.2 Å². The molecule has 1 aromatic carbocycles. The lowest BCUT2D eigenvalue weighted by molar-refractivity contribution is -0.917. The smallest absolute Gasteiger partial charge is 0.169 e. The van der Waals surface area contributed by atoms with Crippen molar-refractivity contribution < 1.29 is 9.32 Å². The van der Waals surface area contributed by atoms with Crippen LogP contribution in [0.2, 0.25) is 10.0 Å². The minimum atomic E-state index is 0.624. The molecule has 0 spiro atoms. The van der Waals surface area contributed by atoms with Crippen molar-refractivity contribution in [1.29, 1.82) is 0 Å². The van der Waals surface area contributed by atoms with Gasteiger partial charge in [0.2, 0.25) is 0 Å². The standard InChI is InChI=1S/C17H19Cl2N3OS/c18-14-4-3-13(16(19)10-14)12-21-5-7-22(8-6-21)17(24)20-11-15-2-1-9-23-15/h1-4,9-10H,5-8,11-12H2,(H,20,24)/p+1. The topological polar surface area (TPSA) is 32.9 Å². The van der Waals surface area contributed by atoms with Gasteiger partial charge in [0.05, 0.1) is 44.0 Å². The number of thiocarbonyl (C=S) groups is 1. The summed E-state index contributed by atoms with van der Waals surface area (Å²) in [4.78, 5) is 3.72. The Hall–Kier alpha value is -1.27. The SMILES string of the molecule is S=C(NCc1ccco1)N1CC[NH+](Cc2ccc(Cl)cc2Cl)CC1. The van der Waals surface area contributed by atoms with E-state index in [2.05, 4.69) is 10.2 Å². The zero-order valence-corrected chi connectivity index (χ0v) is 15.6. The van der Waals surface area contributed by atoms with Gasteiger partial charge < -0.3 is 19.5 Å². The molecular weight excluding hydrogens is 365 g/mol. The number of halogens is 2. The van der Waals surface area contributed by atoms with Crippen LogP contribution in [0.1, 0.15) is 11.3 Å². The number of furan rings is 1. The Morgan fingerprint density at radius 3 is 2.71 bits per heavy atom. The van der Waals surface area contributed by atoms with Gasteiger partial charge >= 0.3 is 0 Å². The Bertz CT molecular complexity index is 685. The highest BCUT2D eigenvalue weighted by Gasteiger charge is 2.22. The molecule has 2 heterocycles. The molecule has 1 aliphatic heterocycles. The van der Waals surface area contributed by atoms with Crippen LogP contribution < -0.4 is 10.2 Å². The molecule has 2 N–H and O–H groups in total. The van der Waals surface area contributed by atoms with E-state index in [-0.39, 0.29) is 0 Å². The lowest BCUT2D eigenvalue weighted by atomic mass is 10.2. The van der Waals surface area contributed by atoms with E-state index in [9.17, 15) is 0 Å². The highest BCUT2D eigenvalue weighted by atomic mass is 35.5. The average molecular weight is 385 g/mol. The van der Waals surface area contributed by atoms with Crippen molar-refractivity contribution in [2.24, 2.45) is 0 Å². The van der Waals surface area contributed by atoms with Gasteiger partial charge in [-0.3, -0.25) is 0 Å². The summed E-state index contributed by atoms with van der Waals surface area (Å²) >= 11 is 17.7. The maximum Gasteiger partial charge on any atom is 0.169 e. The van der Waals surface area contributed by atoms with E-state index in [0.717, 1.165) is 54.2 Å². The summed E-state index contributed by atoms with van der Waals surface area (Å²) in [7, 11) is 0. The summed E-state index contributed by atoms with van der Waals surface area (Å²) in [6, 6.07) is 9.53. The Morgan fingerprint density at radius 1 is 1.25 bits per heavy atom. The lowest BCUT2D eigenvalue weighted by Crippen LogP contribution is -3.13. The van der Waals surface area contributed by atoms with E-state index in [0.29, 0.717) is 11.6 Å². The van der Waals surface area contributed by atoms with Crippen LogP contribution in [0.3, 0.4) is 0 Å². The van der Waals surface area contributed by atoms with Crippen LogP contribution in [0.25, 0.3) is 0 Å². The fourth-order valence-electron chi connectivity index (χ4n) is 2.82. The van der Waals surface area contributed by atoms with Gasteiger partial charge in [0.1, 0.15) is 12.3 Å². The molecule has 0 bridgehead atoms. The van der Waals surface area contributed by atoms with Crippen LogP contribution in [0, 0.1) is 0 Å². The molecule has 1 aliphatic rings. The lowest BCUT2D eigenvalue weighted by Gasteiger charge is -2.34. The minimum absolute atomic E-state index is 0.624. The monoisotopic (exact) mass is 384 g/mol. The van der Waals surface area contributed by atoms with Crippen LogP contribution in [-0.4, -0.2) is 36.2 Å². The number of nitrogens with zero attached hydrogens (tertiary/aromatic N) is 1. The summed E-state index contributed by atoms with van der Waals surface area (Å²) in [5.74, 6) is 0.888. The van der Waals surface area contributed by atoms with Crippen LogP contribution in [-0.2, 0) is 13.1 Å². The van der Waals surface area contributed by atoms with Crippen molar-refractivity contribution in [2.45, 2.75) is 13.1 Å². The molecule has 2 aromatic rings. The third-order valence-electron chi connectivity index (χ3n) is 4.21. The number of rotatable bonds is 4. The zero-order valence-electron chi connectivity index (χ0n) is 13.2. The van der Waals surface area contributed by atoms with Crippen LogP contribution >= 0.6 is 35.4 Å². The van der Waals surface area contributed by atoms with E-state index < -0.39 is 0 Å². The van der Waals surface area contributed by atoms with Gasteiger partial charge in [0, 0.05) is 10.6 Å². The Kier molecular flexibility index (Phi) is 6.00. The molecule has 128 valence electrons. The van der Waals surface area contributed by atoms with Crippen LogP contribution in [0.15, 0.2) is 41.0 Å². The van der Waals surface area contributed by atoms with Gasteiger partial charge in [-0.15, -0.1) is 0 Å². The van der Waals surface area contributed by atoms with Crippen molar-refractivity contribution >= 4 is 40.5 Å². The van der Waals surface area contributed by atoms with Gasteiger partial charge in [0.25, 0.3) is 0 Å². The summed E-state index contributed by atoms with van der Waals surface area (Å²) in [6.07, 6.45) is 1.67. The molecular formula is C17H20Cl2N3OS+. The maximum absolute atomic E-state index is 6.27. The van der Waals surface area contributed by atoms with E-state index in [4.69, 9.17) is 39.8 Å². The quantitative estimate of drug-likeness (QED) is 0.792. The van der Waals surface area contributed by atoms with Gasteiger partial charge in [-0.1, -0.05) is 29.3 Å². The van der Waals surface area contributed by atoms with Crippen molar-refractivity contribution in [3.05, 3.63) is 58.0 Å². The van der Waals surface area contributed by atoms with Crippen molar-refractivity contribution in [3.63, 3.8) is 0 Å². The second-order valence-corrected chi connectivity index (χ2v) is 7.12. The molecule has 1 saturated heterocycles. The fourth-order valence-corrected chi connectivity index (χ4v) is 3.55. The number of nitrogens with one attached hydrogen (secondary N) is 2. The molecule has 7 heteroatoms. The first kappa shape index (κ1) is 17.5. The van der Waals surface area contributed by atoms with Crippen LogP contribution in [0.4, 0.5) is 0 Å². The fraction of sp³-hybridized carbons (Fsp3) is 0.353. The summed E-state index contributed by atoms with van der Waals surface area (Å²) < 4.78 is 5.31. The predicted molar refractivity (Wildman–Crippen MR) is 101 cm³/mol. The molecule has 0 atom stereocenters. The first-order valence-corrected chi connectivity index (χ1v) is 9.11. The van der Waals surface area contributed by atoms with Crippen LogP contribution in [0.5, 0.6) is 0 Å². The van der Waals surface area contributed by atoms with Gasteiger partial charge in [-0.25, -0.2) is 0 Å². The molecule has 0 saturated carbocycles. The van der Waals surface area contributed by atoms with Gasteiger partial charge in [0.15, 0.2) is 5.11 Å². The summed E-state index contributed by atoms with van der Waals surface area (Å²) in [5, 5.41) is 5.46. The molecule has 4 nitrogen and oxygen atoms in total. The maximum atomic E-state index is 6.27. The Labute approximate surface area is 157 Å². The molecule has 0 aliphatic carbocycles. The Balaban J connectivity index is 1.45. The number of quaternary nitrogens is 1. The highest BCUT2D eigenvalue weighted by molar-refractivity contribution is 7.80. The summed E-state index contributed by atoms with van der Waals surface area (Å²) in [5.41, 5.74) is 1.14. The predicted octanol–water partition coefficient (Wildman–Crippen LogP) is 2.36. The second-order valence-electron chi connectivity index (χ2n) is 5.89. The molecule has 24 heavy (non-hydrogen) atoms. The zero-order chi connectivity index (χ0) is 16.9. The highest BCUT2D eigenvalue weighted by Crippen LogP contribution is 2.20. The number of hydrogen-bond acceptors (Lipinski definition) is 2. The molecule has 1 aromatic heterocycles. The number of hydrogen-bond donors (Lipinski definition) is 2. The largest absolute Gasteiger partial charge is 0.467 e. The molecule has 0 radical (unpaired) electrons. The second kappa shape index (κ2) is 8.21. The van der Waals surface area contributed by atoms with Crippen molar-refractivity contribution in [3.8, 4) is 0 Å². The minimum Gasteiger partial charge on any atom is -0.467 e. The first-order chi connectivity index (χ1) is 11.6. The van der Waals surface area contributed by atoms with E-state index >= 15 is 0 Å². The molecule has 0 unspecified atom stereocenters. The summed E-state index contributed by atoms with van der Waals surface area (Å²) in [6.45, 7) is 5.47. The van der Waals surface area contributed by atoms with Crippen molar-refractivity contribution in [1.82, 2.24) is 10.2 Å². The van der Waals surface area contributed by atoms with Gasteiger partial charge in [-0.2, -0.15) is 0 Å². The van der Waals surface area contributed by atoms with E-state index in [1.807, 2.05) is 30.3 Å². The number of benzene rings is 1. The van der Waals surface area contributed by atoms with Gasteiger partial charge in [-0.05, 0) is 36.5 Å². The van der Waals surface area contributed by atoms with E-state index in [1.54, 1.807) is 6.26 Å². The molecule has 3 rings (SSSR count). The molecule has 1 fully saturated rings. The third-order valence-corrected chi connectivity index (χ3v) is 5.20. The third kappa shape index (κ3) is 4.63.